The number of nitrogens with two attached hydrogens (primary N) is 1. The minimum absolute atomic E-state index is 0. The first-order chi connectivity index (χ1) is 9.20. The summed E-state index contributed by atoms with van der Waals surface area (Å²) in [4.78, 5) is 19.4. The number of hydrogen-bond donors (Lipinski definition) is 3. The minimum atomic E-state index is 0. The number of rotatable bonds is 6. The number of H-pyrrole nitrogens is 1. The summed E-state index contributed by atoms with van der Waals surface area (Å²) in [6.45, 7) is 3.28. The summed E-state index contributed by atoms with van der Waals surface area (Å²) >= 11 is 0. The molecule has 1 amide bonds. The summed E-state index contributed by atoms with van der Waals surface area (Å²) in [5.74, 6) is 0.906. The number of fused-ring (bicyclic) bond motifs is 1. The van der Waals surface area contributed by atoms with Crippen LogP contribution in [0.2, 0.25) is 0 Å². The molecule has 7 heteroatoms. The number of para-hydroxylation sites is 1. The minimum Gasteiger partial charge on any atom is -0.356 e. The summed E-state index contributed by atoms with van der Waals surface area (Å²) in [6, 6.07) is 6.03. The van der Waals surface area contributed by atoms with E-state index in [1.165, 1.54) is 0 Å². The highest BCUT2D eigenvalue weighted by Gasteiger charge is 2.07. The van der Waals surface area contributed by atoms with Crippen LogP contribution in [-0.4, -0.2) is 29.0 Å². The number of aromatic amines is 1. The van der Waals surface area contributed by atoms with Gasteiger partial charge >= 0.3 is 0 Å². The Morgan fingerprint density at radius 3 is 2.81 bits per heavy atom. The number of carbonyl (C=O) groups excluding carboxylic acids is 1. The third kappa shape index (κ3) is 5.53. The fourth-order valence-corrected chi connectivity index (χ4v) is 2.00. The van der Waals surface area contributed by atoms with Crippen molar-refractivity contribution >= 4 is 41.8 Å². The Morgan fingerprint density at radius 1 is 1.38 bits per heavy atom. The van der Waals surface area contributed by atoms with Crippen molar-refractivity contribution in [2.75, 3.05) is 13.1 Å². The van der Waals surface area contributed by atoms with Crippen LogP contribution in [0.3, 0.4) is 0 Å². The number of hydrogen-bond acceptors (Lipinski definition) is 3. The molecule has 1 heterocycles. The van der Waals surface area contributed by atoms with Crippen molar-refractivity contribution in [1.29, 1.82) is 0 Å². The highest BCUT2D eigenvalue weighted by molar-refractivity contribution is 5.85. The zero-order valence-corrected chi connectivity index (χ0v) is 13.6. The van der Waals surface area contributed by atoms with Gasteiger partial charge in [-0.25, -0.2) is 4.98 Å². The van der Waals surface area contributed by atoms with Gasteiger partial charge < -0.3 is 16.0 Å². The second-order valence-corrected chi connectivity index (χ2v) is 4.65. The van der Waals surface area contributed by atoms with Crippen molar-refractivity contribution in [3.05, 3.63) is 29.6 Å². The fourth-order valence-electron chi connectivity index (χ4n) is 2.00. The van der Waals surface area contributed by atoms with Crippen molar-refractivity contribution in [2.24, 2.45) is 5.73 Å². The molecule has 21 heavy (non-hydrogen) atoms. The van der Waals surface area contributed by atoms with Crippen LogP contribution >= 0.6 is 24.8 Å². The van der Waals surface area contributed by atoms with E-state index in [0.717, 1.165) is 28.8 Å². The Morgan fingerprint density at radius 2 is 2.14 bits per heavy atom. The maximum atomic E-state index is 11.6. The predicted molar refractivity (Wildman–Crippen MR) is 90.3 cm³/mol. The van der Waals surface area contributed by atoms with Crippen LogP contribution in [0, 0.1) is 6.92 Å². The zero-order valence-electron chi connectivity index (χ0n) is 12.0. The van der Waals surface area contributed by atoms with Crippen LogP contribution in [-0.2, 0) is 11.2 Å². The lowest BCUT2D eigenvalue weighted by atomic mass is 10.2. The van der Waals surface area contributed by atoms with E-state index in [9.17, 15) is 4.79 Å². The number of amides is 1. The average Bonchev–Trinajstić information content (AvgIpc) is 2.81. The number of benzene rings is 1. The van der Waals surface area contributed by atoms with E-state index < -0.39 is 0 Å². The van der Waals surface area contributed by atoms with Crippen LogP contribution in [0.25, 0.3) is 11.0 Å². The average molecular weight is 333 g/mol. The lowest BCUT2D eigenvalue weighted by molar-refractivity contribution is -0.121. The normalized spacial score (nSPS) is 9.81. The van der Waals surface area contributed by atoms with Gasteiger partial charge in [0.15, 0.2) is 0 Å². The number of aryl methyl sites for hydroxylation is 2. The molecule has 5 nitrogen and oxygen atoms in total. The molecule has 0 unspecified atom stereocenters. The van der Waals surface area contributed by atoms with Gasteiger partial charge in [0.25, 0.3) is 0 Å². The first kappa shape index (κ1) is 19.7. The molecule has 2 aromatic rings. The molecule has 2 rings (SSSR count). The first-order valence-electron chi connectivity index (χ1n) is 6.61. The monoisotopic (exact) mass is 332 g/mol. The third-order valence-electron chi connectivity index (χ3n) is 3.06. The molecule has 0 radical (unpaired) electrons. The van der Waals surface area contributed by atoms with Crippen molar-refractivity contribution in [3.63, 3.8) is 0 Å². The van der Waals surface area contributed by atoms with Crippen LogP contribution in [0.5, 0.6) is 0 Å². The summed E-state index contributed by atoms with van der Waals surface area (Å²) in [5.41, 5.74) is 8.53. The van der Waals surface area contributed by atoms with Crippen LogP contribution < -0.4 is 11.1 Å². The highest BCUT2D eigenvalue weighted by atomic mass is 35.5. The van der Waals surface area contributed by atoms with Crippen molar-refractivity contribution in [3.8, 4) is 0 Å². The number of carbonyl (C=O) groups is 1. The number of imidazole rings is 1. The number of halogens is 2. The maximum Gasteiger partial charge on any atom is 0.220 e. The van der Waals surface area contributed by atoms with Gasteiger partial charge in [-0.05, 0) is 31.5 Å². The lowest BCUT2D eigenvalue weighted by Crippen LogP contribution is -2.26. The molecule has 118 valence electrons. The van der Waals surface area contributed by atoms with Crippen LogP contribution in [0.4, 0.5) is 0 Å². The Hall–Kier alpha value is -1.30. The smallest absolute Gasteiger partial charge is 0.220 e. The van der Waals surface area contributed by atoms with Gasteiger partial charge in [0.05, 0.1) is 11.0 Å². The van der Waals surface area contributed by atoms with Gasteiger partial charge in [0.2, 0.25) is 5.91 Å². The van der Waals surface area contributed by atoms with Gasteiger partial charge in [-0.3, -0.25) is 4.79 Å². The van der Waals surface area contributed by atoms with Crippen molar-refractivity contribution in [2.45, 2.75) is 26.2 Å². The molecule has 0 saturated heterocycles. The Balaban J connectivity index is 0.00000200. The summed E-state index contributed by atoms with van der Waals surface area (Å²) in [7, 11) is 0. The third-order valence-corrected chi connectivity index (χ3v) is 3.06. The van der Waals surface area contributed by atoms with Gasteiger partial charge in [0, 0.05) is 19.4 Å². The Kier molecular flexibility index (Phi) is 9.01. The Labute approximate surface area is 136 Å². The molecule has 0 bridgehead atoms. The molecule has 4 N–H and O–H groups in total. The predicted octanol–water partition coefficient (Wildman–Crippen LogP) is 2.11. The molecule has 0 saturated carbocycles. The van der Waals surface area contributed by atoms with Gasteiger partial charge in [-0.2, -0.15) is 0 Å². The quantitative estimate of drug-likeness (QED) is 0.708. The first-order valence-corrected chi connectivity index (χ1v) is 6.61. The molecule has 0 aliphatic heterocycles. The largest absolute Gasteiger partial charge is 0.356 e. The molecule has 1 aromatic carbocycles. The molecule has 0 spiro atoms. The van der Waals surface area contributed by atoms with Crippen molar-refractivity contribution in [1.82, 2.24) is 15.3 Å². The number of aromatic nitrogens is 2. The van der Waals surface area contributed by atoms with Crippen molar-refractivity contribution < 1.29 is 4.79 Å². The second kappa shape index (κ2) is 9.60. The van der Waals surface area contributed by atoms with E-state index in [1.54, 1.807) is 0 Å². The van der Waals surface area contributed by atoms with Gasteiger partial charge in [0.1, 0.15) is 5.82 Å². The van der Waals surface area contributed by atoms with E-state index in [1.807, 2.05) is 25.1 Å². The van der Waals surface area contributed by atoms with E-state index in [4.69, 9.17) is 5.73 Å². The summed E-state index contributed by atoms with van der Waals surface area (Å²) in [6.07, 6.45) is 1.89. The lowest BCUT2D eigenvalue weighted by Gasteiger charge is -2.02. The van der Waals surface area contributed by atoms with E-state index in [2.05, 4.69) is 15.3 Å². The molecule has 0 aliphatic rings. The van der Waals surface area contributed by atoms with E-state index >= 15 is 0 Å². The van der Waals surface area contributed by atoms with E-state index in [0.29, 0.717) is 25.9 Å². The summed E-state index contributed by atoms with van der Waals surface area (Å²) in [5, 5.41) is 2.84. The van der Waals surface area contributed by atoms with Crippen LogP contribution in [0.1, 0.15) is 24.2 Å². The molecule has 0 atom stereocenters. The standard InChI is InChI=1S/C14H20N4O.2ClH/c1-10-4-2-5-11-14(10)18-12(17-11)6-7-13(19)16-9-3-8-15;;/h2,4-5H,3,6-9,15H2,1H3,(H,16,19)(H,17,18);2*1H. The zero-order chi connectivity index (χ0) is 13.7. The SMILES string of the molecule is Cc1cccc2[nH]c(CCC(=O)NCCCN)nc12.Cl.Cl. The molecule has 0 aliphatic carbocycles. The van der Waals surface area contributed by atoms with Gasteiger partial charge in [-0.15, -0.1) is 24.8 Å². The molecular weight excluding hydrogens is 311 g/mol. The van der Waals surface area contributed by atoms with Crippen LogP contribution in [0.15, 0.2) is 18.2 Å². The topological polar surface area (TPSA) is 83.8 Å². The Bertz CT molecular complexity index is 571. The number of nitrogens with zero attached hydrogens (tertiary/aromatic N) is 1. The van der Waals surface area contributed by atoms with E-state index in [-0.39, 0.29) is 30.7 Å². The number of nitrogens with one attached hydrogen (secondary N) is 2. The van der Waals surface area contributed by atoms with Gasteiger partial charge in [-0.1, -0.05) is 12.1 Å². The molecule has 0 fully saturated rings. The second-order valence-electron chi connectivity index (χ2n) is 4.65. The highest BCUT2D eigenvalue weighted by Crippen LogP contribution is 2.15. The molecular formula is C14H22Cl2N4O. The summed E-state index contributed by atoms with van der Waals surface area (Å²) < 4.78 is 0. The fraction of sp³-hybridized carbons (Fsp3) is 0.429. The molecule has 1 aromatic heterocycles. The maximum absolute atomic E-state index is 11.6.